The van der Waals surface area contributed by atoms with Gasteiger partial charge in [0.1, 0.15) is 17.2 Å². The summed E-state index contributed by atoms with van der Waals surface area (Å²) in [5, 5.41) is 2.07. The van der Waals surface area contributed by atoms with Crippen LogP contribution in [0, 0.1) is 0 Å². The quantitative estimate of drug-likeness (QED) is 0.109. The number of hydrogen-bond donors (Lipinski definition) is 0. The molecule has 0 atom stereocenters. The molecule has 6 nitrogen and oxygen atoms in total. The fourth-order valence-electron chi connectivity index (χ4n) is 4.57. The molecule has 1 saturated heterocycles. The lowest BCUT2D eigenvalue weighted by Gasteiger charge is -2.16. The van der Waals surface area contributed by atoms with Crippen molar-refractivity contribution in [2.24, 2.45) is 0 Å². The third-order valence-electron chi connectivity index (χ3n) is 6.47. The minimum Gasteiger partial charge on any atom is -0.494 e. The molecule has 200 valence electrons. The first-order valence-electron chi connectivity index (χ1n) is 12.6. The Hall–Kier alpha value is -3.33. The van der Waals surface area contributed by atoms with Gasteiger partial charge in [0.15, 0.2) is 5.11 Å². The smallest absolute Gasteiger partial charge is 0.281 e. The van der Waals surface area contributed by atoms with Gasteiger partial charge in [0.2, 0.25) is 0 Å². The van der Waals surface area contributed by atoms with E-state index in [0.29, 0.717) is 40.5 Å². The van der Waals surface area contributed by atoms with Crippen molar-refractivity contribution in [1.82, 2.24) is 9.47 Å². The number of rotatable bonds is 9. The number of halogens is 2. The van der Waals surface area contributed by atoms with Crippen molar-refractivity contribution in [2.45, 2.75) is 19.9 Å². The summed E-state index contributed by atoms with van der Waals surface area (Å²) in [6.07, 6.45) is 4.77. The molecule has 5 rings (SSSR count). The first-order chi connectivity index (χ1) is 18.9. The summed E-state index contributed by atoms with van der Waals surface area (Å²) in [6, 6.07) is 21.0. The number of fused-ring (bicyclic) bond motifs is 1. The molecule has 0 aliphatic carbocycles. The van der Waals surface area contributed by atoms with E-state index in [1.807, 2.05) is 74.6 Å². The Balaban J connectivity index is 1.39. The molecule has 1 fully saturated rings. The van der Waals surface area contributed by atoms with Gasteiger partial charge in [-0.1, -0.05) is 39.7 Å². The highest BCUT2D eigenvalue weighted by Gasteiger charge is 2.37. The second-order valence-electron chi connectivity index (χ2n) is 9.01. The summed E-state index contributed by atoms with van der Waals surface area (Å²) < 4.78 is 14.6. The van der Waals surface area contributed by atoms with E-state index >= 15 is 0 Å². The highest BCUT2D eigenvalue weighted by Crippen LogP contribution is 2.32. The first kappa shape index (κ1) is 27.2. The Bertz CT molecular complexity index is 1570. The molecule has 0 radical (unpaired) electrons. The molecule has 1 amide bonds. The Morgan fingerprint density at radius 2 is 1.82 bits per heavy atom. The van der Waals surface area contributed by atoms with E-state index < -0.39 is 0 Å². The van der Waals surface area contributed by atoms with Crippen molar-refractivity contribution >= 4 is 73.4 Å². The van der Waals surface area contributed by atoms with Gasteiger partial charge < -0.3 is 18.9 Å². The molecule has 0 unspecified atom stereocenters. The molecule has 0 spiro atoms. The number of ether oxygens (including phenoxy) is 2. The van der Waals surface area contributed by atoms with Crippen molar-refractivity contribution < 1.29 is 14.3 Å². The molecule has 0 saturated carbocycles. The minimum atomic E-state index is -0.171. The molecule has 0 N–H and O–H groups in total. The average molecular weight is 625 g/mol. The largest absolute Gasteiger partial charge is 0.494 e. The maximum Gasteiger partial charge on any atom is 0.281 e. The van der Waals surface area contributed by atoms with Crippen LogP contribution in [0.4, 0.5) is 5.69 Å². The van der Waals surface area contributed by atoms with E-state index in [9.17, 15) is 4.79 Å². The molecule has 2 heterocycles. The van der Waals surface area contributed by atoms with E-state index in [1.54, 1.807) is 9.80 Å². The second-order valence-corrected chi connectivity index (χ2v) is 10.7. The van der Waals surface area contributed by atoms with E-state index in [0.717, 1.165) is 39.7 Å². The van der Waals surface area contributed by atoms with Gasteiger partial charge in [-0.2, -0.15) is 0 Å². The zero-order valence-corrected chi connectivity index (χ0v) is 24.7. The minimum absolute atomic E-state index is 0.171. The van der Waals surface area contributed by atoms with E-state index in [2.05, 4.69) is 38.8 Å². The summed E-state index contributed by atoms with van der Waals surface area (Å²) >= 11 is 15.5. The monoisotopic (exact) mass is 623 g/mol. The van der Waals surface area contributed by atoms with Crippen LogP contribution in [0.3, 0.4) is 0 Å². The predicted octanol–water partition coefficient (Wildman–Crippen LogP) is 7.53. The topological polar surface area (TPSA) is 46.9 Å². The number of likely N-dealkylation sites (N-methyl/N-ethyl adjacent to an activating group) is 1. The van der Waals surface area contributed by atoms with Crippen LogP contribution < -0.4 is 14.4 Å². The summed E-state index contributed by atoms with van der Waals surface area (Å²) in [7, 11) is 1.82. The van der Waals surface area contributed by atoms with Crippen LogP contribution in [-0.2, 0) is 11.3 Å². The highest BCUT2D eigenvalue weighted by atomic mass is 79.9. The number of hydrogen-bond acceptors (Lipinski definition) is 4. The Morgan fingerprint density at radius 1 is 1.05 bits per heavy atom. The van der Waals surface area contributed by atoms with Crippen LogP contribution >= 0.6 is 39.7 Å². The van der Waals surface area contributed by atoms with Gasteiger partial charge in [-0.15, -0.1) is 0 Å². The third kappa shape index (κ3) is 5.69. The number of amides is 1. The van der Waals surface area contributed by atoms with Gasteiger partial charge in [-0.3, -0.25) is 9.69 Å². The SMILES string of the molecule is CCOc1ccc(N2C(=O)/C(=C/c3cn(CCCOc4ccccc4Cl)c4ccc(Br)cc34)N(C)C2=S)cc1. The zero-order chi connectivity index (χ0) is 27.5. The third-order valence-corrected chi connectivity index (χ3v) is 7.73. The molecule has 1 aliphatic rings. The second kappa shape index (κ2) is 11.8. The average Bonchev–Trinajstić information content (AvgIpc) is 3.37. The molecule has 0 bridgehead atoms. The first-order valence-corrected chi connectivity index (χ1v) is 14.2. The number of aromatic nitrogens is 1. The molecule has 3 aromatic carbocycles. The van der Waals surface area contributed by atoms with Crippen LogP contribution in [0.2, 0.25) is 5.02 Å². The number of carbonyl (C=O) groups excluding carboxylic acids is 1. The van der Waals surface area contributed by atoms with E-state index in [-0.39, 0.29) is 5.91 Å². The van der Waals surface area contributed by atoms with E-state index in [4.69, 9.17) is 33.3 Å². The maximum absolute atomic E-state index is 13.6. The zero-order valence-electron chi connectivity index (χ0n) is 21.6. The number of anilines is 1. The summed E-state index contributed by atoms with van der Waals surface area (Å²) in [4.78, 5) is 16.9. The molecular weight excluding hydrogens is 598 g/mol. The van der Waals surface area contributed by atoms with Gasteiger partial charge in [-0.05, 0) is 86.2 Å². The number of para-hydroxylation sites is 1. The molecule has 1 aromatic heterocycles. The normalized spacial score (nSPS) is 14.6. The lowest BCUT2D eigenvalue weighted by Crippen LogP contribution is -2.31. The summed E-state index contributed by atoms with van der Waals surface area (Å²) in [6.45, 7) is 3.78. The van der Waals surface area contributed by atoms with E-state index in [1.165, 1.54) is 0 Å². The summed E-state index contributed by atoms with van der Waals surface area (Å²) in [5.74, 6) is 1.26. The molecule has 4 aromatic rings. The molecular formula is C30H27BrClN3O3S. The van der Waals surface area contributed by atoms with Gasteiger partial charge in [0.05, 0.1) is 23.9 Å². The predicted molar refractivity (Wildman–Crippen MR) is 165 cm³/mol. The van der Waals surface area contributed by atoms with Gasteiger partial charge in [0.25, 0.3) is 5.91 Å². The van der Waals surface area contributed by atoms with Crippen molar-refractivity contribution in [3.63, 3.8) is 0 Å². The lowest BCUT2D eigenvalue weighted by atomic mass is 10.1. The Labute approximate surface area is 246 Å². The van der Waals surface area contributed by atoms with Gasteiger partial charge >= 0.3 is 0 Å². The van der Waals surface area contributed by atoms with Crippen molar-refractivity contribution in [1.29, 1.82) is 0 Å². The van der Waals surface area contributed by atoms with Gasteiger partial charge in [0, 0.05) is 40.7 Å². The van der Waals surface area contributed by atoms with Crippen LogP contribution in [0.5, 0.6) is 11.5 Å². The maximum atomic E-state index is 13.6. The summed E-state index contributed by atoms with van der Waals surface area (Å²) in [5.41, 5.74) is 3.22. The van der Waals surface area contributed by atoms with Crippen LogP contribution in [0.25, 0.3) is 17.0 Å². The van der Waals surface area contributed by atoms with Crippen LogP contribution in [0.15, 0.2) is 83.1 Å². The number of carbonyl (C=O) groups is 1. The fourth-order valence-corrected chi connectivity index (χ4v) is 5.40. The Kier molecular flexibility index (Phi) is 8.26. The molecule has 9 heteroatoms. The number of aryl methyl sites for hydroxylation is 1. The molecule has 39 heavy (non-hydrogen) atoms. The van der Waals surface area contributed by atoms with Crippen LogP contribution in [0.1, 0.15) is 18.9 Å². The van der Waals surface area contributed by atoms with Crippen molar-refractivity contribution in [3.8, 4) is 11.5 Å². The van der Waals surface area contributed by atoms with Crippen LogP contribution in [-0.4, -0.2) is 40.7 Å². The molecule has 1 aliphatic heterocycles. The highest BCUT2D eigenvalue weighted by molar-refractivity contribution is 9.10. The standard InChI is InChI=1S/C30H27BrClN3O3S/c1-3-37-23-12-10-22(11-13-23)35-29(36)27(33(2)30(35)39)17-20-19-34(26-14-9-21(31)18-24(20)26)15-6-16-38-28-8-5-4-7-25(28)32/h4-5,7-14,17-19H,3,6,15-16H2,1-2H3/b27-17-. The number of thiocarbonyl (C=S) groups is 1. The van der Waals surface area contributed by atoms with Crippen molar-refractivity contribution in [3.05, 3.63) is 93.7 Å². The van der Waals surface area contributed by atoms with Crippen molar-refractivity contribution in [2.75, 3.05) is 25.2 Å². The fraction of sp³-hybridized carbons (Fsp3) is 0.200. The number of nitrogens with zero attached hydrogens (tertiary/aromatic N) is 3. The number of benzene rings is 3. The lowest BCUT2D eigenvalue weighted by molar-refractivity contribution is -0.114. The van der Waals surface area contributed by atoms with Gasteiger partial charge in [-0.25, -0.2) is 0 Å². The Morgan fingerprint density at radius 3 is 2.56 bits per heavy atom.